The van der Waals surface area contributed by atoms with Gasteiger partial charge in [0.2, 0.25) is 0 Å². The lowest BCUT2D eigenvalue weighted by Crippen LogP contribution is -2.27. The summed E-state index contributed by atoms with van der Waals surface area (Å²) in [5.41, 5.74) is 3.78. The number of benzene rings is 2. The maximum absolute atomic E-state index is 10.3. The summed E-state index contributed by atoms with van der Waals surface area (Å²) in [6.07, 6.45) is 7.82. The zero-order chi connectivity index (χ0) is 21.0. The van der Waals surface area contributed by atoms with Crippen molar-refractivity contribution in [1.82, 2.24) is 0 Å². The number of rotatable bonds is 4. The molecule has 0 heterocycles. The molecule has 0 spiro atoms. The lowest BCUT2D eigenvalue weighted by Gasteiger charge is -2.25. The van der Waals surface area contributed by atoms with E-state index in [-0.39, 0.29) is 29.0 Å². The topological polar surface area (TPSA) is 65.2 Å². The summed E-state index contributed by atoms with van der Waals surface area (Å²) in [7, 11) is 0. The van der Waals surface area contributed by atoms with Crippen molar-refractivity contribution in [2.24, 2.45) is 9.98 Å². The van der Waals surface area contributed by atoms with Crippen molar-refractivity contribution in [3.05, 3.63) is 58.7 Å². The second-order valence-corrected chi connectivity index (χ2v) is 9.06. The number of hydrogen-bond acceptors (Lipinski definition) is 4. The summed E-state index contributed by atoms with van der Waals surface area (Å²) in [5, 5.41) is 20.3. The molecule has 1 saturated carbocycles. The molecule has 0 unspecified atom stereocenters. The molecule has 29 heavy (non-hydrogen) atoms. The summed E-state index contributed by atoms with van der Waals surface area (Å²) in [6.45, 7) is 8.48. The minimum atomic E-state index is 0.0176. The number of phenols is 2. The SMILES string of the molecule is Cc1ccc(O)c(C=N[C@@H]2CCCC[C@H]2N=Cc2cc(C(C)(C)C)ccc2O)c1. The number of phenolic OH excluding ortho intramolecular Hbond substituents is 2. The Hall–Kier alpha value is -2.62. The minimum absolute atomic E-state index is 0.0176. The van der Waals surface area contributed by atoms with Gasteiger partial charge in [0.1, 0.15) is 11.5 Å². The van der Waals surface area contributed by atoms with Crippen LogP contribution in [0.5, 0.6) is 11.5 Å². The summed E-state index contributed by atoms with van der Waals surface area (Å²) < 4.78 is 0. The molecule has 2 N–H and O–H groups in total. The van der Waals surface area contributed by atoms with Crippen LogP contribution in [0.25, 0.3) is 0 Å². The maximum atomic E-state index is 10.3. The first-order chi connectivity index (χ1) is 13.7. The highest BCUT2D eigenvalue weighted by molar-refractivity contribution is 5.85. The molecule has 2 atom stereocenters. The lowest BCUT2D eigenvalue weighted by atomic mass is 9.86. The van der Waals surface area contributed by atoms with Crippen LogP contribution in [-0.4, -0.2) is 34.7 Å². The first kappa shape index (κ1) is 21.1. The van der Waals surface area contributed by atoms with Gasteiger partial charge in [0.15, 0.2) is 0 Å². The van der Waals surface area contributed by atoms with Gasteiger partial charge in [-0.2, -0.15) is 0 Å². The normalized spacial score (nSPS) is 20.6. The molecule has 2 aromatic rings. The first-order valence-corrected chi connectivity index (χ1v) is 10.4. The molecule has 0 saturated heterocycles. The first-order valence-electron chi connectivity index (χ1n) is 10.4. The molecule has 0 aliphatic heterocycles. The van der Waals surface area contributed by atoms with Gasteiger partial charge in [-0.1, -0.05) is 51.3 Å². The van der Waals surface area contributed by atoms with Crippen molar-refractivity contribution in [1.29, 1.82) is 0 Å². The Morgan fingerprint density at radius 3 is 1.90 bits per heavy atom. The third-order valence-corrected chi connectivity index (χ3v) is 5.58. The predicted octanol–water partition coefficient (Wildman–Crippen LogP) is 5.55. The van der Waals surface area contributed by atoms with E-state index in [1.54, 1.807) is 24.6 Å². The van der Waals surface area contributed by atoms with Crippen LogP contribution in [-0.2, 0) is 5.41 Å². The Balaban J connectivity index is 1.80. The molecular weight excluding hydrogens is 360 g/mol. The maximum Gasteiger partial charge on any atom is 0.124 e. The Kier molecular flexibility index (Phi) is 6.41. The summed E-state index contributed by atoms with van der Waals surface area (Å²) in [5.74, 6) is 0.501. The fourth-order valence-electron chi connectivity index (χ4n) is 3.69. The van der Waals surface area contributed by atoms with Crippen molar-refractivity contribution in [2.75, 3.05) is 0 Å². The van der Waals surface area contributed by atoms with Gasteiger partial charge in [-0.25, -0.2) is 0 Å². The van der Waals surface area contributed by atoms with Gasteiger partial charge in [0.05, 0.1) is 12.1 Å². The Labute approximate surface area is 174 Å². The molecule has 4 heteroatoms. The molecule has 1 aliphatic carbocycles. The monoisotopic (exact) mass is 392 g/mol. The van der Waals surface area contributed by atoms with Crippen LogP contribution >= 0.6 is 0 Å². The van der Waals surface area contributed by atoms with Gasteiger partial charge in [-0.3, -0.25) is 9.98 Å². The lowest BCUT2D eigenvalue weighted by molar-refractivity contribution is 0.390. The third-order valence-electron chi connectivity index (χ3n) is 5.58. The quantitative estimate of drug-likeness (QED) is 0.670. The van der Waals surface area contributed by atoms with Crippen molar-refractivity contribution in [3.63, 3.8) is 0 Å². The Bertz CT molecular complexity index is 910. The Morgan fingerprint density at radius 1 is 0.828 bits per heavy atom. The fourth-order valence-corrected chi connectivity index (χ4v) is 3.69. The highest BCUT2D eigenvalue weighted by Gasteiger charge is 2.23. The van der Waals surface area contributed by atoms with Gasteiger partial charge >= 0.3 is 0 Å². The van der Waals surface area contributed by atoms with Crippen molar-refractivity contribution >= 4 is 12.4 Å². The predicted molar refractivity (Wildman–Crippen MR) is 121 cm³/mol. The van der Waals surface area contributed by atoms with Gasteiger partial charge < -0.3 is 10.2 Å². The van der Waals surface area contributed by atoms with Crippen LogP contribution in [0.4, 0.5) is 0 Å². The number of aryl methyl sites for hydroxylation is 1. The van der Waals surface area contributed by atoms with E-state index < -0.39 is 0 Å². The van der Waals surface area contributed by atoms with Crippen LogP contribution in [0, 0.1) is 6.92 Å². The number of nitrogens with zero attached hydrogens (tertiary/aromatic N) is 2. The molecule has 0 bridgehead atoms. The van der Waals surface area contributed by atoms with E-state index in [1.807, 2.05) is 31.2 Å². The second kappa shape index (κ2) is 8.81. The van der Waals surface area contributed by atoms with E-state index in [0.29, 0.717) is 0 Å². The number of hydrogen-bond donors (Lipinski definition) is 2. The third kappa shape index (κ3) is 5.47. The molecule has 0 aromatic heterocycles. The molecule has 3 rings (SSSR count). The van der Waals surface area contributed by atoms with E-state index in [4.69, 9.17) is 9.98 Å². The fraction of sp³-hybridized carbons (Fsp3) is 0.440. The van der Waals surface area contributed by atoms with Crippen LogP contribution in [0.15, 0.2) is 46.4 Å². The van der Waals surface area contributed by atoms with E-state index >= 15 is 0 Å². The van der Waals surface area contributed by atoms with Crippen LogP contribution in [0.3, 0.4) is 0 Å². The standard InChI is InChI=1S/C25H32N2O2/c1-17-9-11-23(28)18(13-17)15-26-21-7-5-6-8-22(21)27-16-19-14-20(25(2,3)4)10-12-24(19)29/h9-16,21-22,28-29H,5-8H2,1-4H3/t21-,22-/m1/s1. The average Bonchev–Trinajstić information content (AvgIpc) is 2.68. The molecule has 0 amide bonds. The van der Waals surface area contributed by atoms with Crippen LogP contribution < -0.4 is 0 Å². The molecule has 2 aromatic carbocycles. The highest BCUT2D eigenvalue weighted by atomic mass is 16.3. The van der Waals surface area contributed by atoms with Crippen LogP contribution in [0.1, 0.15) is 68.7 Å². The van der Waals surface area contributed by atoms with Crippen molar-refractivity contribution in [3.8, 4) is 11.5 Å². The van der Waals surface area contributed by atoms with E-state index in [0.717, 1.165) is 42.4 Å². The van der Waals surface area contributed by atoms with Crippen molar-refractivity contribution in [2.45, 2.75) is 70.9 Å². The zero-order valence-corrected chi connectivity index (χ0v) is 17.9. The van der Waals surface area contributed by atoms with Gasteiger partial charge in [0, 0.05) is 23.6 Å². The van der Waals surface area contributed by atoms with Crippen LogP contribution in [0.2, 0.25) is 0 Å². The molecular formula is C25H32N2O2. The summed E-state index contributed by atoms with van der Waals surface area (Å²) in [6, 6.07) is 11.4. The highest BCUT2D eigenvalue weighted by Crippen LogP contribution is 2.28. The molecule has 4 nitrogen and oxygen atoms in total. The Morgan fingerprint density at radius 2 is 1.34 bits per heavy atom. The smallest absolute Gasteiger partial charge is 0.124 e. The zero-order valence-electron chi connectivity index (χ0n) is 17.9. The van der Waals surface area contributed by atoms with Gasteiger partial charge in [-0.05, 0) is 55.0 Å². The number of aliphatic imine (C=N–C) groups is 2. The molecule has 1 aliphatic rings. The van der Waals surface area contributed by atoms with E-state index in [2.05, 4.69) is 20.8 Å². The molecule has 1 fully saturated rings. The second-order valence-electron chi connectivity index (χ2n) is 9.06. The van der Waals surface area contributed by atoms with Crippen molar-refractivity contribution < 1.29 is 10.2 Å². The van der Waals surface area contributed by atoms with E-state index in [1.165, 1.54) is 5.56 Å². The largest absolute Gasteiger partial charge is 0.507 e. The molecule has 154 valence electrons. The van der Waals surface area contributed by atoms with Gasteiger partial charge in [-0.15, -0.1) is 0 Å². The summed E-state index contributed by atoms with van der Waals surface area (Å²) >= 11 is 0. The summed E-state index contributed by atoms with van der Waals surface area (Å²) in [4.78, 5) is 9.58. The number of aromatic hydroxyl groups is 2. The minimum Gasteiger partial charge on any atom is -0.507 e. The van der Waals surface area contributed by atoms with Gasteiger partial charge in [0.25, 0.3) is 0 Å². The average molecular weight is 393 g/mol. The van der Waals surface area contributed by atoms with E-state index in [9.17, 15) is 10.2 Å². The molecule has 0 radical (unpaired) electrons.